The summed E-state index contributed by atoms with van der Waals surface area (Å²) in [4.78, 5) is 42.4. The molecule has 2 aromatic rings. The molecule has 0 radical (unpaired) electrons. The fraction of sp³-hybridized carbons (Fsp3) is 0.389. The van der Waals surface area contributed by atoms with Crippen molar-refractivity contribution in [2.75, 3.05) is 39.8 Å². The van der Waals surface area contributed by atoms with E-state index in [0.29, 0.717) is 31.7 Å². The Kier molecular flexibility index (Phi) is 5.40. The number of carbonyl (C=O) groups is 3. The minimum Gasteiger partial charge on any atom is -0.469 e. The number of piperazine rings is 1. The van der Waals surface area contributed by atoms with Crippen LogP contribution in [-0.4, -0.2) is 72.5 Å². The number of nitrogens with one attached hydrogen (secondary N) is 2. The first kappa shape index (κ1) is 17.8. The third-order valence-electron chi connectivity index (χ3n) is 4.51. The minimum atomic E-state index is -0.362. The van der Waals surface area contributed by atoms with Crippen LogP contribution in [0.4, 0.5) is 4.79 Å². The van der Waals surface area contributed by atoms with Crippen LogP contribution in [0.25, 0.3) is 10.9 Å². The number of nitrogens with zero attached hydrogens (tertiary/aromatic N) is 2. The van der Waals surface area contributed by atoms with E-state index in [0.717, 1.165) is 10.9 Å². The molecule has 1 aromatic heterocycles. The van der Waals surface area contributed by atoms with Gasteiger partial charge in [0.05, 0.1) is 19.1 Å². The van der Waals surface area contributed by atoms with Crippen LogP contribution in [0.2, 0.25) is 0 Å². The van der Waals surface area contributed by atoms with Gasteiger partial charge in [0, 0.05) is 49.8 Å². The number of fused-ring (bicyclic) bond motifs is 1. The number of amides is 3. The molecule has 2 N–H and O–H groups in total. The van der Waals surface area contributed by atoms with E-state index < -0.39 is 0 Å². The van der Waals surface area contributed by atoms with E-state index in [9.17, 15) is 14.4 Å². The summed E-state index contributed by atoms with van der Waals surface area (Å²) in [6.07, 6.45) is 1.88. The van der Waals surface area contributed by atoms with Gasteiger partial charge in [-0.05, 0) is 6.07 Å². The summed E-state index contributed by atoms with van der Waals surface area (Å²) >= 11 is 0. The molecule has 1 fully saturated rings. The first-order valence-electron chi connectivity index (χ1n) is 8.55. The number of aromatic nitrogens is 1. The van der Waals surface area contributed by atoms with Gasteiger partial charge in [0.15, 0.2) is 0 Å². The van der Waals surface area contributed by atoms with E-state index >= 15 is 0 Å². The Morgan fingerprint density at radius 1 is 1.12 bits per heavy atom. The minimum absolute atomic E-state index is 0.0341. The number of rotatable bonds is 4. The number of aromatic amines is 1. The Bertz CT molecular complexity index is 808. The summed E-state index contributed by atoms with van der Waals surface area (Å²) in [5.74, 6) is -0.396. The molecule has 3 rings (SSSR count). The van der Waals surface area contributed by atoms with E-state index in [1.54, 1.807) is 16.0 Å². The molecule has 0 saturated carbocycles. The lowest BCUT2D eigenvalue weighted by molar-refractivity contribution is -0.140. The second kappa shape index (κ2) is 7.90. The van der Waals surface area contributed by atoms with E-state index in [4.69, 9.17) is 0 Å². The molecule has 0 unspecified atom stereocenters. The van der Waals surface area contributed by atoms with Crippen LogP contribution in [0.3, 0.4) is 0 Å². The molecule has 1 aromatic carbocycles. The number of urea groups is 1. The molecule has 1 aliphatic heterocycles. The molecule has 8 nitrogen and oxygen atoms in total. The van der Waals surface area contributed by atoms with Crippen molar-refractivity contribution in [3.63, 3.8) is 0 Å². The summed E-state index contributed by atoms with van der Waals surface area (Å²) in [7, 11) is 1.31. The average molecular weight is 358 g/mol. The third-order valence-corrected chi connectivity index (χ3v) is 4.51. The first-order valence-corrected chi connectivity index (χ1v) is 8.55. The average Bonchev–Trinajstić information content (AvgIpc) is 3.11. The molecule has 138 valence electrons. The monoisotopic (exact) mass is 358 g/mol. The van der Waals surface area contributed by atoms with Crippen molar-refractivity contribution >= 4 is 28.8 Å². The number of methoxy groups -OCH3 is 1. The number of para-hydroxylation sites is 1. The Hall–Kier alpha value is -3.03. The molecule has 8 heteroatoms. The molecule has 0 spiro atoms. The maximum absolute atomic E-state index is 12.8. The Morgan fingerprint density at radius 3 is 2.54 bits per heavy atom. The number of benzene rings is 1. The summed E-state index contributed by atoms with van der Waals surface area (Å²) in [6, 6.07) is 7.45. The molecule has 1 aliphatic rings. The van der Waals surface area contributed by atoms with Crippen LogP contribution < -0.4 is 5.32 Å². The summed E-state index contributed by atoms with van der Waals surface area (Å²) < 4.78 is 4.53. The molecule has 3 amide bonds. The zero-order valence-electron chi connectivity index (χ0n) is 14.7. The van der Waals surface area contributed by atoms with E-state index in [2.05, 4.69) is 15.0 Å². The van der Waals surface area contributed by atoms with Gasteiger partial charge in [-0.1, -0.05) is 18.2 Å². The smallest absolute Gasteiger partial charge is 0.317 e. The van der Waals surface area contributed by atoms with Crippen molar-refractivity contribution in [2.24, 2.45) is 0 Å². The predicted molar refractivity (Wildman–Crippen MR) is 95.8 cm³/mol. The van der Waals surface area contributed by atoms with Gasteiger partial charge < -0.3 is 24.8 Å². The van der Waals surface area contributed by atoms with Crippen molar-refractivity contribution in [1.82, 2.24) is 20.1 Å². The fourth-order valence-corrected chi connectivity index (χ4v) is 3.02. The molecular weight excluding hydrogens is 336 g/mol. The summed E-state index contributed by atoms with van der Waals surface area (Å²) in [5, 5.41) is 3.59. The van der Waals surface area contributed by atoms with Gasteiger partial charge in [-0.3, -0.25) is 9.59 Å². The lowest BCUT2D eigenvalue weighted by Crippen LogP contribution is -2.53. The van der Waals surface area contributed by atoms with Crippen molar-refractivity contribution in [1.29, 1.82) is 0 Å². The van der Waals surface area contributed by atoms with Crippen LogP contribution in [0.1, 0.15) is 16.8 Å². The predicted octanol–water partition coefficient (Wildman–Crippen LogP) is 1.20. The van der Waals surface area contributed by atoms with Crippen molar-refractivity contribution < 1.29 is 19.1 Å². The van der Waals surface area contributed by atoms with Crippen LogP contribution in [-0.2, 0) is 9.53 Å². The Morgan fingerprint density at radius 2 is 1.81 bits per heavy atom. The number of esters is 1. The van der Waals surface area contributed by atoms with Gasteiger partial charge >= 0.3 is 12.0 Å². The van der Waals surface area contributed by atoms with E-state index in [1.807, 2.05) is 24.3 Å². The van der Waals surface area contributed by atoms with Gasteiger partial charge in [0.2, 0.25) is 0 Å². The summed E-state index contributed by atoms with van der Waals surface area (Å²) in [5.41, 5.74) is 1.58. The number of carbonyl (C=O) groups excluding carboxylic acids is 3. The van der Waals surface area contributed by atoms with E-state index in [1.165, 1.54) is 7.11 Å². The normalized spacial score (nSPS) is 14.3. The highest BCUT2D eigenvalue weighted by Gasteiger charge is 2.26. The standard InChI is InChI=1S/C18H22N4O4/c1-26-16(23)6-7-19-18(25)22-10-8-21(9-11-22)17(24)14-12-20-15-5-3-2-4-13(14)15/h2-5,12,20H,6-11H2,1H3,(H,19,25). The Labute approximate surface area is 151 Å². The molecule has 1 saturated heterocycles. The highest BCUT2D eigenvalue weighted by molar-refractivity contribution is 6.06. The molecular formula is C18H22N4O4. The second-order valence-electron chi connectivity index (χ2n) is 6.09. The third kappa shape index (κ3) is 3.79. The lowest BCUT2D eigenvalue weighted by atomic mass is 10.1. The van der Waals surface area contributed by atoms with Crippen LogP contribution >= 0.6 is 0 Å². The van der Waals surface area contributed by atoms with Gasteiger partial charge in [0.1, 0.15) is 0 Å². The van der Waals surface area contributed by atoms with Gasteiger partial charge in [-0.25, -0.2) is 4.79 Å². The maximum atomic E-state index is 12.8. The largest absolute Gasteiger partial charge is 0.469 e. The van der Waals surface area contributed by atoms with Gasteiger partial charge in [0.25, 0.3) is 5.91 Å². The SMILES string of the molecule is COC(=O)CCNC(=O)N1CCN(C(=O)c2c[nH]c3ccccc23)CC1. The number of hydrogen-bond acceptors (Lipinski definition) is 4. The molecule has 0 bridgehead atoms. The number of H-pyrrole nitrogens is 1. The quantitative estimate of drug-likeness (QED) is 0.803. The zero-order chi connectivity index (χ0) is 18.5. The molecule has 0 atom stereocenters. The second-order valence-corrected chi connectivity index (χ2v) is 6.09. The number of ether oxygens (including phenoxy) is 1. The Balaban J connectivity index is 1.52. The lowest BCUT2D eigenvalue weighted by Gasteiger charge is -2.34. The molecule has 26 heavy (non-hydrogen) atoms. The zero-order valence-corrected chi connectivity index (χ0v) is 14.7. The fourth-order valence-electron chi connectivity index (χ4n) is 3.02. The topological polar surface area (TPSA) is 94.7 Å². The molecule has 0 aliphatic carbocycles. The number of hydrogen-bond donors (Lipinski definition) is 2. The van der Waals surface area contributed by atoms with E-state index in [-0.39, 0.29) is 30.9 Å². The summed E-state index contributed by atoms with van der Waals surface area (Å²) in [6.45, 7) is 2.10. The first-order chi connectivity index (χ1) is 12.6. The highest BCUT2D eigenvalue weighted by atomic mass is 16.5. The van der Waals surface area contributed by atoms with Gasteiger partial charge in [-0.15, -0.1) is 0 Å². The van der Waals surface area contributed by atoms with Crippen molar-refractivity contribution in [3.05, 3.63) is 36.0 Å². The maximum Gasteiger partial charge on any atom is 0.317 e. The van der Waals surface area contributed by atoms with Crippen LogP contribution in [0, 0.1) is 0 Å². The van der Waals surface area contributed by atoms with Crippen LogP contribution in [0.5, 0.6) is 0 Å². The van der Waals surface area contributed by atoms with Crippen molar-refractivity contribution in [3.8, 4) is 0 Å². The van der Waals surface area contributed by atoms with Crippen LogP contribution in [0.15, 0.2) is 30.5 Å². The van der Waals surface area contributed by atoms with Gasteiger partial charge in [-0.2, -0.15) is 0 Å². The highest BCUT2D eigenvalue weighted by Crippen LogP contribution is 2.20. The van der Waals surface area contributed by atoms with Crippen molar-refractivity contribution in [2.45, 2.75) is 6.42 Å². The molecule has 2 heterocycles.